The molecule has 13 heteroatoms. The summed E-state index contributed by atoms with van der Waals surface area (Å²) < 4.78 is 27.0. The normalized spacial score (nSPS) is 24.3. The molecule has 0 aromatic heterocycles. The van der Waals surface area contributed by atoms with E-state index in [4.69, 9.17) is 23.7 Å². The summed E-state index contributed by atoms with van der Waals surface area (Å²) in [7, 11) is 3.04. The van der Waals surface area contributed by atoms with Crippen molar-refractivity contribution in [1.82, 2.24) is 15.5 Å². The van der Waals surface area contributed by atoms with Gasteiger partial charge in [0.25, 0.3) is 5.91 Å². The van der Waals surface area contributed by atoms with Gasteiger partial charge >= 0.3 is 6.09 Å². The van der Waals surface area contributed by atoms with Gasteiger partial charge in [-0.25, -0.2) is 4.79 Å². The average Bonchev–Trinajstić information content (AvgIpc) is 3.74. The molecule has 0 unspecified atom stereocenters. The van der Waals surface area contributed by atoms with E-state index in [9.17, 15) is 19.5 Å². The lowest BCUT2D eigenvalue weighted by atomic mass is 9.96. The van der Waals surface area contributed by atoms with Crippen molar-refractivity contribution in [3.8, 4) is 11.5 Å². The fourth-order valence-electron chi connectivity index (χ4n) is 6.50. The lowest BCUT2D eigenvalue weighted by Crippen LogP contribution is -2.58. The number of rotatable bonds is 11. The molecule has 3 aliphatic rings. The summed E-state index contributed by atoms with van der Waals surface area (Å²) in [6.45, 7) is 8.82. The van der Waals surface area contributed by atoms with Crippen LogP contribution in [0.1, 0.15) is 42.5 Å². The molecule has 256 valence electrons. The molecule has 47 heavy (non-hydrogen) atoms. The molecule has 6 atom stereocenters. The number of alkyl carbamates (subject to hydrolysis) is 1. The van der Waals surface area contributed by atoms with Crippen LogP contribution in [-0.4, -0.2) is 96.6 Å². The first-order chi connectivity index (χ1) is 22.4. The zero-order valence-corrected chi connectivity index (χ0v) is 28.6. The van der Waals surface area contributed by atoms with E-state index in [0.29, 0.717) is 36.6 Å². The molecule has 3 aliphatic heterocycles. The molecule has 3 heterocycles. The molecule has 3 saturated heterocycles. The molecule has 12 nitrogen and oxygen atoms in total. The van der Waals surface area contributed by atoms with E-state index in [-0.39, 0.29) is 30.7 Å². The van der Waals surface area contributed by atoms with Gasteiger partial charge in [-0.05, 0) is 74.9 Å². The highest BCUT2D eigenvalue weighted by Crippen LogP contribution is 2.40. The second-order valence-electron chi connectivity index (χ2n) is 12.8. The van der Waals surface area contributed by atoms with Crippen LogP contribution in [0.15, 0.2) is 36.4 Å². The fraction of sp³-hybridized carbons (Fsp3) is 0.559. The molecule has 0 radical (unpaired) electrons. The van der Waals surface area contributed by atoms with Gasteiger partial charge in [0.1, 0.15) is 23.6 Å². The Morgan fingerprint density at radius 3 is 2.43 bits per heavy atom. The van der Waals surface area contributed by atoms with Gasteiger partial charge in [0.05, 0.1) is 45.3 Å². The second kappa shape index (κ2) is 14.7. The van der Waals surface area contributed by atoms with Crippen molar-refractivity contribution >= 4 is 29.7 Å². The molecule has 3 amide bonds. The van der Waals surface area contributed by atoms with Crippen LogP contribution in [0.5, 0.6) is 11.5 Å². The maximum atomic E-state index is 14.1. The van der Waals surface area contributed by atoms with Gasteiger partial charge in [-0.2, -0.15) is 0 Å². The number of aliphatic hydroxyl groups excluding tert-OH is 1. The molecule has 2 aromatic carbocycles. The van der Waals surface area contributed by atoms with Crippen molar-refractivity contribution < 1.29 is 43.2 Å². The van der Waals surface area contributed by atoms with Gasteiger partial charge in [-0.1, -0.05) is 18.2 Å². The van der Waals surface area contributed by atoms with Crippen LogP contribution in [0.3, 0.4) is 0 Å². The number of hydrogen-bond donors (Lipinski definition) is 3. The SMILES string of the molecule is COc1cc(C[C@H](NC(=O)O[C@H]2CO[C@H]3OCC[C@H]32)[C@H](O)C(=O)N2CSC(C)(C)[C@H]2C(=O)NCc2c(C)cccc2C)cc(OC)c1. The Kier molecular flexibility index (Phi) is 10.9. The number of methoxy groups -OCH3 is 2. The summed E-state index contributed by atoms with van der Waals surface area (Å²) in [5.74, 6) is 0.130. The summed E-state index contributed by atoms with van der Waals surface area (Å²) in [6, 6.07) is 9.16. The number of benzene rings is 2. The maximum Gasteiger partial charge on any atom is 0.407 e. The number of nitrogens with zero attached hydrogens (tertiary/aromatic N) is 1. The Hall–Kier alpha value is -3.52. The number of fused-ring (bicyclic) bond motifs is 1. The van der Waals surface area contributed by atoms with Crippen molar-refractivity contribution in [2.45, 2.75) is 82.4 Å². The summed E-state index contributed by atoms with van der Waals surface area (Å²) in [6.07, 6.45) is -2.68. The minimum atomic E-state index is -1.70. The predicted octanol–water partition coefficient (Wildman–Crippen LogP) is 3.08. The van der Waals surface area contributed by atoms with Gasteiger partial charge in [0.15, 0.2) is 12.4 Å². The molecule has 3 N–H and O–H groups in total. The van der Waals surface area contributed by atoms with Crippen LogP contribution < -0.4 is 20.1 Å². The molecule has 5 rings (SSSR count). The molecule has 0 bridgehead atoms. The van der Waals surface area contributed by atoms with E-state index < -0.39 is 47.3 Å². The number of carbonyl (C=O) groups excluding carboxylic acids is 3. The number of ether oxygens (including phenoxy) is 5. The van der Waals surface area contributed by atoms with Crippen molar-refractivity contribution in [2.75, 3.05) is 33.3 Å². The summed E-state index contributed by atoms with van der Waals surface area (Å²) in [5.41, 5.74) is 3.78. The van der Waals surface area contributed by atoms with Crippen LogP contribution >= 0.6 is 11.8 Å². The highest BCUT2D eigenvalue weighted by atomic mass is 32.2. The molecule has 3 fully saturated rings. The minimum absolute atomic E-state index is 0.0414. The smallest absolute Gasteiger partial charge is 0.407 e. The first kappa shape index (κ1) is 34.8. The van der Waals surface area contributed by atoms with Gasteiger partial charge in [0.2, 0.25) is 5.91 Å². The quantitative estimate of drug-likeness (QED) is 0.326. The molecule has 0 aliphatic carbocycles. The Balaban J connectivity index is 1.35. The number of aliphatic hydroxyl groups is 1. The third kappa shape index (κ3) is 7.80. The van der Waals surface area contributed by atoms with E-state index in [2.05, 4.69) is 10.6 Å². The van der Waals surface area contributed by atoms with E-state index in [0.717, 1.165) is 16.7 Å². The number of hydrogen-bond acceptors (Lipinski definition) is 10. The van der Waals surface area contributed by atoms with Crippen LogP contribution in [-0.2, 0) is 36.8 Å². The van der Waals surface area contributed by atoms with E-state index in [1.54, 1.807) is 18.2 Å². The fourth-order valence-corrected chi connectivity index (χ4v) is 7.65. The first-order valence-corrected chi connectivity index (χ1v) is 16.8. The van der Waals surface area contributed by atoms with Crippen LogP contribution in [0.4, 0.5) is 4.79 Å². The van der Waals surface area contributed by atoms with Crippen LogP contribution in [0, 0.1) is 19.8 Å². The van der Waals surface area contributed by atoms with Gasteiger partial charge in [-0.3, -0.25) is 9.59 Å². The average molecular weight is 672 g/mol. The topological polar surface area (TPSA) is 145 Å². The molecular weight excluding hydrogens is 626 g/mol. The molecule has 0 saturated carbocycles. The number of carbonyl (C=O) groups is 3. The van der Waals surface area contributed by atoms with E-state index >= 15 is 0 Å². The van der Waals surface area contributed by atoms with E-state index in [1.807, 2.05) is 45.9 Å². The Labute approximate surface area is 279 Å². The van der Waals surface area contributed by atoms with Crippen LogP contribution in [0.2, 0.25) is 0 Å². The number of nitrogens with one attached hydrogen (secondary N) is 2. The van der Waals surface area contributed by atoms with Crippen molar-refractivity contribution in [3.05, 3.63) is 58.7 Å². The maximum absolute atomic E-state index is 14.1. The predicted molar refractivity (Wildman–Crippen MR) is 175 cm³/mol. The zero-order valence-electron chi connectivity index (χ0n) is 27.7. The van der Waals surface area contributed by atoms with Crippen molar-refractivity contribution in [2.24, 2.45) is 5.92 Å². The van der Waals surface area contributed by atoms with Crippen molar-refractivity contribution in [1.29, 1.82) is 0 Å². The van der Waals surface area contributed by atoms with Gasteiger partial charge in [0, 0.05) is 17.4 Å². The monoisotopic (exact) mass is 671 g/mol. The summed E-state index contributed by atoms with van der Waals surface area (Å²) in [5, 5.41) is 17.4. The Bertz CT molecular complexity index is 1430. The minimum Gasteiger partial charge on any atom is -0.497 e. The van der Waals surface area contributed by atoms with Gasteiger partial charge < -0.3 is 44.3 Å². The standard InChI is InChI=1S/C34H45N3O9S/c1-19-8-7-9-20(2)25(19)16-35-30(39)29-34(3,4)47-18-37(29)31(40)28(38)26(14-21-12-22(42-5)15-23(13-21)43-6)36-33(41)46-27-17-45-32-24(27)10-11-44-32/h7-9,12-13,15,24,26-29,32,38H,10-11,14,16-18H2,1-6H3,(H,35,39)(H,36,41)/t24-,26-,27-,28-,29+,32+/m0/s1. The lowest BCUT2D eigenvalue weighted by Gasteiger charge is -2.33. The lowest BCUT2D eigenvalue weighted by molar-refractivity contribution is -0.147. The van der Waals surface area contributed by atoms with Crippen molar-refractivity contribution in [3.63, 3.8) is 0 Å². The highest BCUT2D eigenvalue weighted by Gasteiger charge is 2.50. The third-order valence-corrected chi connectivity index (χ3v) is 10.6. The third-order valence-electron chi connectivity index (χ3n) is 9.21. The molecule has 2 aromatic rings. The Morgan fingerprint density at radius 1 is 1.09 bits per heavy atom. The molecule has 0 spiro atoms. The zero-order chi connectivity index (χ0) is 33.9. The Morgan fingerprint density at radius 2 is 1.77 bits per heavy atom. The molecular formula is C34H45N3O9S. The number of aryl methyl sites for hydroxylation is 2. The first-order valence-electron chi connectivity index (χ1n) is 15.8. The summed E-state index contributed by atoms with van der Waals surface area (Å²) in [4.78, 5) is 42.5. The van der Waals surface area contributed by atoms with E-state index in [1.165, 1.54) is 30.9 Å². The largest absolute Gasteiger partial charge is 0.497 e. The second-order valence-corrected chi connectivity index (χ2v) is 14.4. The highest BCUT2D eigenvalue weighted by molar-refractivity contribution is 8.00. The number of thioether (sulfide) groups is 1. The van der Waals surface area contributed by atoms with Gasteiger partial charge in [-0.15, -0.1) is 11.8 Å². The summed E-state index contributed by atoms with van der Waals surface area (Å²) >= 11 is 1.45. The number of amides is 3. The van der Waals surface area contributed by atoms with Crippen LogP contribution in [0.25, 0.3) is 0 Å².